The molecule has 1 aliphatic carbocycles. The third-order valence-electron chi connectivity index (χ3n) is 7.33. The standard InChI is InChI=1S/C26H30N2O3/c1-31-22-11-9-19(10-12-22)24-26(15-13-23(29)27-26)14-4-16-28(24)25(30)21-8-7-18-5-2-3-6-20(18)17-21/h7-12,17,24H,2-6,13-16H2,1H3,(H,27,29)/t24-,26+/m1/s1. The molecule has 2 heterocycles. The molecule has 5 rings (SSSR count). The predicted octanol–water partition coefficient (Wildman–Crippen LogP) is 4.20. The number of amides is 2. The van der Waals surface area contributed by atoms with Crippen LogP contribution in [0.25, 0.3) is 0 Å². The van der Waals surface area contributed by atoms with Crippen LogP contribution in [-0.2, 0) is 17.6 Å². The summed E-state index contributed by atoms with van der Waals surface area (Å²) in [5, 5.41) is 3.27. The maximum Gasteiger partial charge on any atom is 0.254 e. The van der Waals surface area contributed by atoms with Gasteiger partial charge < -0.3 is 15.0 Å². The maximum absolute atomic E-state index is 13.8. The van der Waals surface area contributed by atoms with Gasteiger partial charge in [-0.05, 0) is 85.9 Å². The lowest BCUT2D eigenvalue weighted by atomic mass is 9.76. The fraction of sp³-hybridized carbons (Fsp3) is 0.462. The number of benzene rings is 2. The molecule has 2 aromatic rings. The Balaban J connectivity index is 1.53. The van der Waals surface area contributed by atoms with Gasteiger partial charge in [-0.3, -0.25) is 9.59 Å². The number of likely N-dealkylation sites (tertiary alicyclic amines) is 1. The summed E-state index contributed by atoms with van der Waals surface area (Å²) < 4.78 is 5.34. The Bertz CT molecular complexity index is 1000. The van der Waals surface area contributed by atoms with Crippen molar-refractivity contribution in [3.63, 3.8) is 0 Å². The second-order valence-electron chi connectivity index (χ2n) is 9.17. The van der Waals surface area contributed by atoms with Gasteiger partial charge in [0.15, 0.2) is 0 Å². The van der Waals surface area contributed by atoms with Crippen molar-refractivity contribution < 1.29 is 14.3 Å². The van der Waals surface area contributed by atoms with Crippen molar-refractivity contribution in [3.05, 3.63) is 64.7 Å². The first-order valence-electron chi connectivity index (χ1n) is 11.5. The van der Waals surface area contributed by atoms with E-state index in [1.54, 1.807) is 7.11 Å². The van der Waals surface area contributed by atoms with E-state index in [1.165, 1.54) is 24.0 Å². The third-order valence-corrected chi connectivity index (χ3v) is 7.33. The van der Waals surface area contributed by atoms with E-state index in [0.717, 1.165) is 49.0 Å². The molecule has 0 bridgehead atoms. The van der Waals surface area contributed by atoms with Crippen LogP contribution in [0.3, 0.4) is 0 Å². The smallest absolute Gasteiger partial charge is 0.254 e. The van der Waals surface area contributed by atoms with Gasteiger partial charge in [-0.15, -0.1) is 0 Å². The van der Waals surface area contributed by atoms with Crippen LogP contribution in [0.2, 0.25) is 0 Å². The average molecular weight is 419 g/mol. The van der Waals surface area contributed by atoms with Crippen molar-refractivity contribution in [1.82, 2.24) is 10.2 Å². The van der Waals surface area contributed by atoms with Crippen LogP contribution >= 0.6 is 0 Å². The minimum absolute atomic E-state index is 0.0643. The van der Waals surface area contributed by atoms with E-state index in [0.29, 0.717) is 13.0 Å². The lowest BCUT2D eigenvalue weighted by Crippen LogP contribution is -2.58. The lowest BCUT2D eigenvalue weighted by Gasteiger charge is -2.48. The molecule has 0 unspecified atom stereocenters. The van der Waals surface area contributed by atoms with Crippen LogP contribution in [0.5, 0.6) is 5.75 Å². The van der Waals surface area contributed by atoms with Crippen LogP contribution in [0.15, 0.2) is 42.5 Å². The van der Waals surface area contributed by atoms with Crippen molar-refractivity contribution >= 4 is 11.8 Å². The van der Waals surface area contributed by atoms with Gasteiger partial charge in [0.25, 0.3) is 5.91 Å². The first-order valence-corrected chi connectivity index (χ1v) is 11.5. The summed E-state index contributed by atoms with van der Waals surface area (Å²) in [5.41, 5.74) is 4.12. The molecule has 0 radical (unpaired) electrons. The van der Waals surface area contributed by atoms with Gasteiger partial charge in [0.1, 0.15) is 5.75 Å². The summed E-state index contributed by atoms with van der Waals surface area (Å²) >= 11 is 0. The number of nitrogens with zero attached hydrogens (tertiary/aromatic N) is 1. The normalized spacial score (nSPS) is 25.3. The number of fused-ring (bicyclic) bond motifs is 1. The molecule has 2 aromatic carbocycles. The molecular formula is C26H30N2O3. The van der Waals surface area contributed by atoms with Crippen LogP contribution < -0.4 is 10.1 Å². The third kappa shape index (κ3) is 3.60. The molecule has 1 N–H and O–H groups in total. The highest BCUT2D eigenvalue weighted by Crippen LogP contribution is 2.45. The summed E-state index contributed by atoms with van der Waals surface area (Å²) in [4.78, 5) is 28.1. The summed E-state index contributed by atoms with van der Waals surface area (Å²) in [5.74, 6) is 0.938. The van der Waals surface area contributed by atoms with Crippen LogP contribution in [0.4, 0.5) is 0 Å². The van der Waals surface area contributed by atoms with Gasteiger partial charge in [-0.2, -0.15) is 0 Å². The Kier molecular flexibility index (Phi) is 5.20. The number of methoxy groups -OCH3 is 1. The highest BCUT2D eigenvalue weighted by atomic mass is 16.5. The maximum atomic E-state index is 13.8. The molecule has 0 aromatic heterocycles. The molecule has 2 aliphatic heterocycles. The van der Waals surface area contributed by atoms with E-state index in [2.05, 4.69) is 17.4 Å². The van der Waals surface area contributed by atoms with Gasteiger partial charge >= 0.3 is 0 Å². The number of piperidine rings is 1. The first kappa shape index (κ1) is 20.1. The van der Waals surface area contributed by atoms with E-state index in [9.17, 15) is 9.59 Å². The van der Waals surface area contributed by atoms with E-state index in [1.807, 2.05) is 35.2 Å². The molecule has 31 heavy (non-hydrogen) atoms. The number of nitrogens with one attached hydrogen (secondary N) is 1. The molecule has 2 atom stereocenters. The van der Waals surface area contributed by atoms with E-state index >= 15 is 0 Å². The van der Waals surface area contributed by atoms with Crippen molar-refractivity contribution in [2.75, 3.05) is 13.7 Å². The highest BCUT2D eigenvalue weighted by Gasteiger charge is 2.50. The van der Waals surface area contributed by atoms with Gasteiger partial charge in [-0.1, -0.05) is 18.2 Å². The monoisotopic (exact) mass is 418 g/mol. The topological polar surface area (TPSA) is 58.6 Å². The first-order chi connectivity index (χ1) is 15.1. The van der Waals surface area contributed by atoms with Crippen molar-refractivity contribution in [1.29, 1.82) is 0 Å². The summed E-state index contributed by atoms with van der Waals surface area (Å²) in [6.07, 6.45) is 7.65. The van der Waals surface area contributed by atoms with Gasteiger partial charge in [0, 0.05) is 18.5 Å². The van der Waals surface area contributed by atoms with Crippen molar-refractivity contribution in [3.8, 4) is 5.75 Å². The Morgan fingerprint density at radius 2 is 1.77 bits per heavy atom. The zero-order valence-electron chi connectivity index (χ0n) is 18.2. The number of hydrogen-bond donors (Lipinski definition) is 1. The van der Waals surface area contributed by atoms with Gasteiger partial charge in [0.05, 0.1) is 18.7 Å². The number of carbonyl (C=O) groups is 2. The van der Waals surface area contributed by atoms with Crippen LogP contribution in [0.1, 0.15) is 71.6 Å². The molecule has 3 aliphatic rings. The molecule has 2 amide bonds. The minimum Gasteiger partial charge on any atom is -0.497 e. The number of carbonyl (C=O) groups excluding carboxylic acids is 2. The van der Waals surface area contributed by atoms with Gasteiger partial charge in [0.2, 0.25) is 5.91 Å². The molecule has 1 spiro atoms. The Hall–Kier alpha value is -2.82. The largest absolute Gasteiger partial charge is 0.497 e. The fourth-order valence-electron chi connectivity index (χ4n) is 5.80. The van der Waals surface area contributed by atoms with E-state index < -0.39 is 5.54 Å². The zero-order valence-corrected chi connectivity index (χ0v) is 18.2. The Morgan fingerprint density at radius 3 is 2.48 bits per heavy atom. The average Bonchev–Trinajstić information content (AvgIpc) is 3.18. The molecule has 162 valence electrons. The molecular weight excluding hydrogens is 388 g/mol. The second kappa shape index (κ2) is 8.03. The summed E-state index contributed by atoms with van der Waals surface area (Å²) in [6.45, 7) is 0.699. The second-order valence-corrected chi connectivity index (χ2v) is 9.17. The van der Waals surface area contributed by atoms with Crippen LogP contribution in [0, 0.1) is 0 Å². The van der Waals surface area contributed by atoms with Gasteiger partial charge in [-0.25, -0.2) is 0 Å². The van der Waals surface area contributed by atoms with E-state index in [-0.39, 0.29) is 17.9 Å². The predicted molar refractivity (Wildman–Crippen MR) is 119 cm³/mol. The fourth-order valence-corrected chi connectivity index (χ4v) is 5.80. The molecule has 2 saturated heterocycles. The van der Waals surface area contributed by atoms with Crippen molar-refractivity contribution in [2.45, 2.75) is 62.9 Å². The number of rotatable bonds is 3. The van der Waals surface area contributed by atoms with Crippen LogP contribution in [-0.4, -0.2) is 35.9 Å². The quantitative estimate of drug-likeness (QED) is 0.813. The highest BCUT2D eigenvalue weighted by molar-refractivity contribution is 5.95. The Morgan fingerprint density at radius 1 is 1.00 bits per heavy atom. The Labute approximate surface area is 183 Å². The number of ether oxygens (including phenoxy) is 1. The zero-order chi connectivity index (χ0) is 21.4. The number of aryl methyl sites for hydroxylation is 2. The summed E-state index contributed by atoms with van der Waals surface area (Å²) in [6, 6.07) is 14.0. The SMILES string of the molecule is COc1ccc([C@H]2N(C(=O)c3ccc4c(c3)CCCC4)CCC[C@]23CCC(=O)N3)cc1. The molecule has 5 nitrogen and oxygen atoms in total. The summed E-state index contributed by atoms with van der Waals surface area (Å²) in [7, 11) is 1.65. The molecule has 0 saturated carbocycles. The van der Waals surface area contributed by atoms with E-state index in [4.69, 9.17) is 4.74 Å². The molecule has 2 fully saturated rings. The lowest BCUT2D eigenvalue weighted by molar-refractivity contribution is -0.120. The minimum atomic E-state index is -0.395. The van der Waals surface area contributed by atoms with Crippen molar-refractivity contribution in [2.24, 2.45) is 0 Å². The molecule has 5 heteroatoms. The number of hydrogen-bond acceptors (Lipinski definition) is 3.